The van der Waals surface area contributed by atoms with Gasteiger partial charge in [-0.1, -0.05) is 19.8 Å². The lowest BCUT2D eigenvalue weighted by molar-refractivity contribution is 0.0521. The molecular formula is C14H28N2O2. The van der Waals surface area contributed by atoms with E-state index in [4.69, 9.17) is 4.74 Å². The van der Waals surface area contributed by atoms with E-state index in [1.165, 1.54) is 25.7 Å². The first-order valence-corrected chi connectivity index (χ1v) is 7.13. The van der Waals surface area contributed by atoms with Gasteiger partial charge in [0.05, 0.1) is 0 Å². The number of rotatable bonds is 7. The van der Waals surface area contributed by atoms with Crippen molar-refractivity contribution in [3.63, 3.8) is 0 Å². The van der Waals surface area contributed by atoms with Crippen LogP contribution in [0.1, 0.15) is 59.8 Å². The zero-order valence-electron chi connectivity index (χ0n) is 12.2. The second-order valence-corrected chi connectivity index (χ2v) is 6.16. The summed E-state index contributed by atoms with van der Waals surface area (Å²) in [6.45, 7) is 8.48. The lowest BCUT2D eigenvalue weighted by Gasteiger charge is -2.22. The fraction of sp³-hybridized carbons (Fsp3) is 0.929. The van der Waals surface area contributed by atoms with Gasteiger partial charge in [-0.2, -0.15) is 0 Å². The summed E-state index contributed by atoms with van der Waals surface area (Å²) in [6.07, 6.45) is 5.73. The number of alkyl carbamates (subject to hydrolysis) is 1. The summed E-state index contributed by atoms with van der Waals surface area (Å²) in [5.41, 5.74) is -0.424. The number of nitrogens with one attached hydrogen (secondary N) is 2. The molecule has 1 saturated carbocycles. The Morgan fingerprint density at radius 2 is 2.06 bits per heavy atom. The number of amides is 1. The third-order valence-corrected chi connectivity index (χ3v) is 2.85. The largest absolute Gasteiger partial charge is 0.444 e. The van der Waals surface area contributed by atoms with Crippen molar-refractivity contribution in [3.8, 4) is 0 Å². The van der Waals surface area contributed by atoms with E-state index < -0.39 is 5.60 Å². The highest BCUT2D eigenvalue weighted by atomic mass is 16.6. The van der Waals surface area contributed by atoms with Crippen LogP contribution in [0.25, 0.3) is 0 Å². The minimum Gasteiger partial charge on any atom is -0.444 e. The van der Waals surface area contributed by atoms with Crippen LogP contribution < -0.4 is 10.6 Å². The smallest absolute Gasteiger partial charge is 0.407 e. The van der Waals surface area contributed by atoms with E-state index in [-0.39, 0.29) is 6.09 Å². The zero-order valence-corrected chi connectivity index (χ0v) is 12.2. The van der Waals surface area contributed by atoms with Gasteiger partial charge < -0.3 is 15.4 Å². The molecule has 0 aliphatic heterocycles. The molecule has 4 heteroatoms. The van der Waals surface area contributed by atoms with Gasteiger partial charge >= 0.3 is 6.09 Å². The van der Waals surface area contributed by atoms with E-state index >= 15 is 0 Å². The van der Waals surface area contributed by atoms with Crippen LogP contribution in [0.15, 0.2) is 0 Å². The molecule has 1 atom stereocenters. The summed E-state index contributed by atoms with van der Waals surface area (Å²) in [4.78, 5) is 11.6. The number of hydrogen-bond donors (Lipinski definition) is 2. The normalized spacial score (nSPS) is 17.3. The summed E-state index contributed by atoms with van der Waals surface area (Å²) in [7, 11) is 0. The molecule has 0 spiro atoms. The Labute approximate surface area is 111 Å². The molecule has 0 heterocycles. The molecule has 1 aliphatic rings. The van der Waals surface area contributed by atoms with Gasteiger partial charge in [-0.3, -0.25) is 0 Å². The molecule has 0 aromatic rings. The lowest BCUT2D eigenvalue weighted by Crippen LogP contribution is -2.43. The third kappa shape index (κ3) is 7.54. The van der Waals surface area contributed by atoms with Crippen molar-refractivity contribution in [2.24, 2.45) is 0 Å². The Morgan fingerprint density at radius 3 is 2.56 bits per heavy atom. The summed E-state index contributed by atoms with van der Waals surface area (Å²) < 4.78 is 5.24. The van der Waals surface area contributed by atoms with E-state index in [1.807, 2.05) is 20.8 Å². The van der Waals surface area contributed by atoms with Crippen LogP contribution in [0.3, 0.4) is 0 Å². The molecule has 2 N–H and O–H groups in total. The second kappa shape index (κ2) is 6.98. The minimum absolute atomic E-state index is 0.318. The maximum atomic E-state index is 11.6. The average Bonchev–Trinajstić information content (AvgIpc) is 3.03. The molecular weight excluding hydrogens is 228 g/mol. The third-order valence-electron chi connectivity index (χ3n) is 2.85. The fourth-order valence-electron chi connectivity index (χ4n) is 1.80. The average molecular weight is 256 g/mol. The quantitative estimate of drug-likeness (QED) is 0.736. The Kier molecular flexibility index (Phi) is 5.93. The Balaban J connectivity index is 2.24. The molecule has 1 rings (SSSR count). The molecule has 1 unspecified atom stereocenters. The predicted molar refractivity (Wildman–Crippen MR) is 73.7 cm³/mol. The van der Waals surface area contributed by atoms with E-state index in [2.05, 4.69) is 17.6 Å². The Bertz CT molecular complexity index is 257. The maximum absolute atomic E-state index is 11.6. The lowest BCUT2D eigenvalue weighted by atomic mass is 10.1. The minimum atomic E-state index is -0.424. The molecule has 0 bridgehead atoms. The standard InChI is InChI=1S/C14H28N2O2/c1-5-6-7-12(16-11-8-9-11)10-15-13(17)18-14(2,3)4/h11-12,16H,5-10H2,1-4H3,(H,15,17). The van der Waals surface area contributed by atoms with Crippen molar-refractivity contribution in [2.75, 3.05) is 6.54 Å². The van der Waals surface area contributed by atoms with Crippen LogP contribution in [0.4, 0.5) is 4.79 Å². The monoisotopic (exact) mass is 256 g/mol. The number of carbonyl (C=O) groups is 1. The van der Waals surface area contributed by atoms with E-state index in [9.17, 15) is 4.79 Å². The molecule has 0 saturated heterocycles. The van der Waals surface area contributed by atoms with Crippen LogP contribution in [0.2, 0.25) is 0 Å². The first kappa shape index (κ1) is 15.3. The van der Waals surface area contributed by atoms with Gasteiger partial charge in [-0.05, 0) is 40.0 Å². The molecule has 18 heavy (non-hydrogen) atoms. The molecule has 0 aromatic carbocycles. The fourth-order valence-corrected chi connectivity index (χ4v) is 1.80. The van der Waals surface area contributed by atoms with Gasteiger partial charge in [0.2, 0.25) is 0 Å². The van der Waals surface area contributed by atoms with Crippen LogP contribution in [0.5, 0.6) is 0 Å². The summed E-state index contributed by atoms with van der Waals surface area (Å²) in [5, 5.41) is 6.43. The van der Waals surface area contributed by atoms with E-state index in [1.54, 1.807) is 0 Å². The van der Waals surface area contributed by atoms with Crippen LogP contribution >= 0.6 is 0 Å². The van der Waals surface area contributed by atoms with Gasteiger partial charge in [0.15, 0.2) is 0 Å². The van der Waals surface area contributed by atoms with Crippen molar-refractivity contribution >= 4 is 6.09 Å². The number of ether oxygens (including phenoxy) is 1. The highest BCUT2D eigenvalue weighted by Gasteiger charge is 2.25. The summed E-state index contributed by atoms with van der Waals surface area (Å²) in [5.74, 6) is 0. The number of hydrogen-bond acceptors (Lipinski definition) is 3. The molecule has 0 aromatic heterocycles. The van der Waals surface area contributed by atoms with Gasteiger partial charge in [0.1, 0.15) is 5.60 Å². The van der Waals surface area contributed by atoms with Crippen molar-refractivity contribution in [1.82, 2.24) is 10.6 Å². The number of carbonyl (C=O) groups excluding carboxylic acids is 1. The molecule has 0 radical (unpaired) electrons. The SMILES string of the molecule is CCCCC(CNC(=O)OC(C)(C)C)NC1CC1. The molecule has 1 amide bonds. The van der Waals surface area contributed by atoms with Crippen LogP contribution in [-0.2, 0) is 4.74 Å². The van der Waals surface area contributed by atoms with Crippen molar-refractivity contribution in [2.45, 2.75) is 77.5 Å². The van der Waals surface area contributed by atoms with Gasteiger partial charge in [0.25, 0.3) is 0 Å². The molecule has 1 aliphatic carbocycles. The summed E-state index contributed by atoms with van der Waals surface area (Å²) in [6, 6.07) is 1.05. The van der Waals surface area contributed by atoms with Crippen molar-refractivity contribution in [3.05, 3.63) is 0 Å². The van der Waals surface area contributed by atoms with E-state index in [0.717, 1.165) is 6.42 Å². The topological polar surface area (TPSA) is 50.4 Å². The highest BCUT2D eigenvalue weighted by molar-refractivity contribution is 5.67. The second-order valence-electron chi connectivity index (χ2n) is 6.16. The maximum Gasteiger partial charge on any atom is 0.407 e. The molecule has 4 nitrogen and oxygen atoms in total. The summed E-state index contributed by atoms with van der Waals surface area (Å²) >= 11 is 0. The first-order valence-electron chi connectivity index (χ1n) is 7.13. The number of unbranched alkanes of at least 4 members (excludes halogenated alkanes) is 1. The van der Waals surface area contributed by atoms with Gasteiger partial charge in [-0.15, -0.1) is 0 Å². The molecule has 106 valence electrons. The molecule has 1 fully saturated rings. The van der Waals surface area contributed by atoms with Gasteiger partial charge in [0, 0.05) is 18.6 Å². The van der Waals surface area contributed by atoms with Crippen LogP contribution in [-0.4, -0.2) is 30.3 Å². The van der Waals surface area contributed by atoms with Crippen molar-refractivity contribution in [1.29, 1.82) is 0 Å². The Hall–Kier alpha value is -0.770. The van der Waals surface area contributed by atoms with Gasteiger partial charge in [-0.25, -0.2) is 4.79 Å². The Morgan fingerprint density at radius 1 is 1.39 bits per heavy atom. The predicted octanol–water partition coefficient (Wildman–Crippen LogP) is 2.82. The highest BCUT2D eigenvalue weighted by Crippen LogP contribution is 2.20. The zero-order chi connectivity index (χ0) is 13.6. The van der Waals surface area contributed by atoms with Crippen molar-refractivity contribution < 1.29 is 9.53 Å². The van der Waals surface area contributed by atoms with Crippen LogP contribution in [0, 0.1) is 0 Å². The first-order chi connectivity index (χ1) is 8.40. The van der Waals surface area contributed by atoms with E-state index in [0.29, 0.717) is 18.6 Å².